The number of carbonyl (C=O) groups excluding carboxylic acids is 1. The summed E-state index contributed by atoms with van der Waals surface area (Å²) in [6.45, 7) is 10.6. The minimum Gasteiger partial charge on any atom is -0.466 e. The SMILES string of the molecule is CCOC(=O)C[C@@H]1CCC[C@@H](C)N1S(=O)(=O)CC[Si](C)(C)C. The quantitative estimate of drug-likeness (QED) is 0.524. The number of carbonyl (C=O) groups is 1. The molecule has 1 aliphatic rings. The summed E-state index contributed by atoms with van der Waals surface area (Å²) in [6, 6.07) is 0.485. The van der Waals surface area contributed by atoms with Crippen LogP contribution in [0.15, 0.2) is 0 Å². The molecule has 0 radical (unpaired) electrons. The van der Waals surface area contributed by atoms with E-state index in [1.807, 2.05) is 6.92 Å². The van der Waals surface area contributed by atoms with Gasteiger partial charge in [-0.05, 0) is 32.7 Å². The highest BCUT2D eigenvalue weighted by Gasteiger charge is 2.38. The lowest BCUT2D eigenvalue weighted by Crippen LogP contribution is -2.50. The van der Waals surface area contributed by atoms with Gasteiger partial charge in [-0.25, -0.2) is 8.42 Å². The van der Waals surface area contributed by atoms with E-state index in [1.54, 1.807) is 11.2 Å². The second-order valence-electron chi connectivity index (χ2n) is 7.40. The van der Waals surface area contributed by atoms with Crippen LogP contribution in [0.3, 0.4) is 0 Å². The van der Waals surface area contributed by atoms with Crippen molar-refractivity contribution in [2.45, 2.75) is 77.3 Å². The van der Waals surface area contributed by atoms with E-state index in [9.17, 15) is 13.2 Å². The van der Waals surface area contributed by atoms with Crippen LogP contribution in [-0.2, 0) is 19.6 Å². The van der Waals surface area contributed by atoms with Crippen molar-refractivity contribution in [2.75, 3.05) is 12.4 Å². The van der Waals surface area contributed by atoms with Crippen LogP contribution in [0.5, 0.6) is 0 Å². The number of nitrogens with zero attached hydrogens (tertiary/aromatic N) is 1. The number of rotatable bonds is 7. The van der Waals surface area contributed by atoms with E-state index in [4.69, 9.17) is 4.74 Å². The molecule has 0 saturated carbocycles. The first-order chi connectivity index (χ1) is 10.1. The molecule has 0 amide bonds. The molecule has 22 heavy (non-hydrogen) atoms. The van der Waals surface area contributed by atoms with Gasteiger partial charge in [-0.1, -0.05) is 26.1 Å². The van der Waals surface area contributed by atoms with Crippen LogP contribution in [-0.4, -0.2) is 51.2 Å². The van der Waals surface area contributed by atoms with Crippen molar-refractivity contribution in [2.24, 2.45) is 0 Å². The van der Waals surface area contributed by atoms with Gasteiger partial charge in [-0.15, -0.1) is 0 Å². The van der Waals surface area contributed by atoms with E-state index >= 15 is 0 Å². The number of hydrogen-bond acceptors (Lipinski definition) is 4. The summed E-state index contributed by atoms with van der Waals surface area (Å²) < 4.78 is 32.2. The molecule has 1 aliphatic heterocycles. The molecule has 0 aromatic rings. The second-order valence-corrected chi connectivity index (χ2v) is 15.0. The van der Waals surface area contributed by atoms with Crippen LogP contribution in [0, 0.1) is 0 Å². The standard InChI is InChI=1S/C15H31NO4SSi/c1-6-20-15(17)12-14-9-7-8-13(2)16(14)21(18,19)10-11-22(3,4)5/h13-14H,6-12H2,1-5H3/t13-,14+/m1/s1. The molecule has 1 fully saturated rings. The molecule has 0 N–H and O–H groups in total. The van der Waals surface area contributed by atoms with Crippen LogP contribution < -0.4 is 0 Å². The molecule has 1 rings (SSSR count). The predicted octanol–water partition coefficient (Wildman–Crippen LogP) is 2.85. The first kappa shape index (κ1) is 19.6. The Morgan fingerprint density at radius 2 is 1.91 bits per heavy atom. The normalized spacial score (nSPS) is 24.2. The highest BCUT2D eigenvalue weighted by molar-refractivity contribution is 7.89. The average molecular weight is 350 g/mol. The van der Waals surface area contributed by atoms with Crippen molar-refractivity contribution in [1.82, 2.24) is 4.31 Å². The van der Waals surface area contributed by atoms with E-state index < -0.39 is 18.1 Å². The molecule has 1 heterocycles. The van der Waals surface area contributed by atoms with Gasteiger partial charge in [0.15, 0.2) is 0 Å². The van der Waals surface area contributed by atoms with Gasteiger partial charge in [0, 0.05) is 20.2 Å². The van der Waals surface area contributed by atoms with E-state index in [2.05, 4.69) is 19.6 Å². The predicted molar refractivity (Wildman–Crippen MR) is 92.1 cm³/mol. The van der Waals surface area contributed by atoms with E-state index in [0.29, 0.717) is 6.61 Å². The molecule has 0 aromatic heterocycles. The smallest absolute Gasteiger partial charge is 0.307 e. The Morgan fingerprint density at radius 3 is 2.45 bits per heavy atom. The van der Waals surface area contributed by atoms with Crippen molar-refractivity contribution >= 4 is 24.1 Å². The molecule has 0 aliphatic carbocycles. The Kier molecular flexibility index (Phi) is 7.07. The third-order valence-electron chi connectivity index (χ3n) is 4.09. The fraction of sp³-hybridized carbons (Fsp3) is 0.933. The van der Waals surface area contributed by atoms with Crippen LogP contribution in [0.1, 0.15) is 39.5 Å². The summed E-state index contributed by atoms with van der Waals surface area (Å²) in [4.78, 5) is 11.8. The summed E-state index contributed by atoms with van der Waals surface area (Å²) in [5.74, 6) is -0.0983. The van der Waals surface area contributed by atoms with Crippen molar-refractivity contribution in [3.05, 3.63) is 0 Å². The number of hydrogen-bond donors (Lipinski definition) is 0. The summed E-state index contributed by atoms with van der Waals surface area (Å²) in [5, 5.41) is 0. The zero-order valence-corrected chi connectivity index (χ0v) is 16.4. The Bertz CT molecular complexity index is 472. The third kappa shape index (κ3) is 6.00. The summed E-state index contributed by atoms with van der Waals surface area (Å²) in [6.07, 6.45) is 2.75. The van der Waals surface area contributed by atoms with E-state index in [1.165, 1.54) is 0 Å². The van der Waals surface area contributed by atoms with Crippen LogP contribution in [0.2, 0.25) is 25.7 Å². The molecule has 130 valence electrons. The lowest BCUT2D eigenvalue weighted by atomic mass is 9.97. The number of sulfonamides is 1. The lowest BCUT2D eigenvalue weighted by molar-refractivity contribution is -0.144. The molecule has 1 saturated heterocycles. The summed E-state index contributed by atoms with van der Waals surface area (Å²) >= 11 is 0. The Balaban J connectivity index is 2.85. The van der Waals surface area contributed by atoms with Crippen molar-refractivity contribution < 1.29 is 17.9 Å². The molecule has 7 heteroatoms. The Hall–Kier alpha value is -0.403. The lowest BCUT2D eigenvalue weighted by Gasteiger charge is -2.39. The van der Waals surface area contributed by atoms with Crippen LogP contribution in [0.25, 0.3) is 0 Å². The molecule has 2 atom stereocenters. The maximum Gasteiger partial charge on any atom is 0.307 e. The van der Waals surface area contributed by atoms with Crippen molar-refractivity contribution in [1.29, 1.82) is 0 Å². The topological polar surface area (TPSA) is 63.7 Å². The number of piperidine rings is 1. The molecule has 5 nitrogen and oxygen atoms in total. The minimum atomic E-state index is -3.32. The molecular formula is C15H31NO4SSi. The molecule has 0 unspecified atom stereocenters. The fourth-order valence-corrected chi connectivity index (χ4v) is 7.89. The van der Waals surface area contributed by atoms with Crippen LogP contribution >= 0.6 is 0 Å². The Labute approximate surface area is 136 Å². The molecule has 0 aromatic carbocycles. The van der Waals surface area contributed by atoms with E-state index in [0.717, 1.165) is 25.3 Å². The van der Waals surface area contributed by atoms with Gasteiger partial charge in [-0.3, -0.25) is 4.79 Å². The van der Waals surface area contributed by atoms with Gasteiger partial charge >= 0.3 is 5.97 Å². The van der Waals surface area contributed by atoms with Crippen molar-refractivity contribution in [3.8, 4) is 0 Å². The number of ether oxygens (including phenoxy) is 1. The average Bonchev–Trinajstić information content (AvgIpc) is 2.36. The molecular weight excluding hydrogens is 318 g/mol. The van der Waals surface area contributed by atoms with Gasteiger partial charge in [0.25, 0.3) is 0 Å². The highest BCUT2D eigenvalue weighted by Crippen LogP contribution is 2.29. The van der Waals surface area contributed by atoms with Crippen LogP contribution in [0.4, 0.5) is 0 Å². The first-order valence-corrected chi connectivity index (χ1v) is 13.6. The maximum atomic E-state index is 12.8. The summed E-state index contributed by atoms with van der Waals surface area (Å²) in [7, 11) is -4.73. The van der Waals surface area contributed by atoms with E-state index in [-0.39, 0.29) is 30.2 Å². The highest BCUT2D eigenvalue weighted by atomic mass is 32.2. The third-order valence-corrected chi connectivity index (χ3v) is 8.23. The van der Waals surface area contributed by atoms with Gasteiger partial charge in [0.05, 0.1) is 18.8 Å². The van der Waals surface area contributed by atoms with Gasteiger partial charge in [0.1, 0.15) is 0 Å². The summed E-state index contributed by atoms with van der Waals surface area (Å²) in [5.41, 5.74) is 0. The largest absolute Gasteiger partial charge is 0.466 e. The van der Waals surface area contributed by atoms with Gasteiger partial charge in [-0.2, -0.15) is 4.31 Å². The van der Waals surface area contributed by atoms with Gasteiger partial charge < -0.3 is 4.74 Å². The molecule has 0 bridgehead atoms. The first-order valence-electron chi connectivity index (χ1n) is 8.23. The Morgan fingerprint density at radius 1 is 1.27 bits per heavy atom. The zero-order chi connectivity index (χ0) is 17.0. The minimum absolute atomic E-state index is 0.0280. The fourth-order valence-electron chi connectivity index (χ4n) is 2.91. The second kappa shape index (κ2) is 7.92. The van der Waals surface area contributed by atoms with Gasteiger partial charge in [0.2, 0.25) is 10.0 Å². The molecule has 0 spiro atoms. The maximum absolute atomic E-state index is 12.8. The monoisotopic (exact) mass is 349 g/mol. The number of esters is 1. The van der Waals surface area contributed by atoms with Crippen molar-refractivity contribution in [3.63, 3.8) is 0 Å². The zero-order valence-electron chi connectivity index (χ0n) is 14.6.